The highest BCUT2D eigenvalue weighted by Crippen LogP contribution is 2.32. The van der Waals surface area contributed by atoms with E-state index in [1.807, 2.05) is 0 Å². The fourth-order valence-corrected chi connectivity index (χ4v) is 5.48. The molecule has 180 valence electrons. The second-order valence-corrected chi connectivity index (χ2v) is 9.93. The van der Waals surface area contributed by atoms with Gasteiger partial charge in [0, 0.05) is 18.8 Å². The number of fused-ring (bicyclic) bond motifs is 1. The third-order valence-electron chi connectivity index (χ3n) is 5.62. The van der Waals surface area contributed by atoms with Crippen LogP contribution >= 0.6 is 0 Å². The van der Waals surface area contributed by atoms with E-state index >= 15 is 0 Å². The zero-order valence-electron chi connectivity index (χ0n) is 18.6. The first-order valence-corrected chi connectivity index (χ1v) is 12.4. The lowest BCUT2D eigenvalue weighted by Gasteiger charge is -2.31. The molecule has 0 aromatic heterocycles. The van der Waals surface area contributed by atoms with Crippen LogP contribution < -0.4 is 15.4 Å². The molecule has 2 amide bonds. The summed E-state index contributed by atoms with van der Waals surface area (Å²) in [6.45, 7) is 2.13. The molecule has 0 saturated carbocycles. The number of hydrogen-bond donors (Lipinski definition) is 2. The van der Waals surface area contributed by atoms with E-state index < -0.39 is 21.9 Å². The van der Waals surface area contributed by atoms with Crippen molar-refractivity contribution in [3.8, 4) is 5.75 Å². The number of anilines is 2. The Kier molecular flexibility index (Phi) is 6.85. The van der Waals surface area contributed by atoms with E-state index in [-0.39, 0.29) is 43.0 Å². The fraction of sp³-hybridized carbons (Fsp3) is 0.348. The predicted molar refractivity (Wildman–Crippen MR) is 123 cm³/mol. The zero-order chi connectivity index (χ0) is 24.3. The fourth-order valence-electron chi connectivity index (χ4n) is 3.93. The molecule has 1 fully saturated rings. The van der Waals surface area contributed by atoms with Crippen molar-refractivity contribution in [2.24, 2.45) is 5.92 Å². The van der Waals surface area contributed by atoms with Gasteiger partial charge in [0.05, 0.1) is 28.7 Å². The number of rotatable bonds is 6. The van der Waals surface area contributed by atoms with Gasteiger partial charge in [-0.3, -0.25) is 9.59 Å². The first-order chi connectivity index (χ1) is 16.3. The Morgan fingerprint density at radius 2 is 2.06 bits per heavy atom. The average molecular weight is 488 g/mol. The van der Waals surface area contributed by atoms with Gasteiger partial charge in [0.1, 0.15) is 5.75 Å². The summed E-state index contributed by atoms with van der Waals surface area (Å²) < 4.78 is 38.1. The van der Waals surface area contributed by atoms with Crippen molar-refractivity contribution in [1.82, 2.24) is 4.31 Å². The van der Waals surface area contributed by atoms with Crippen molar-refractivity contribution in [1.29, 1.82) is 0 Å². The van der Waals surface area contributed by atoms with Crippen LogP contribution in [0.4, 0.5) is 11.4 Å². The smallest absolute Gasteiger partial charge is 0.338 e. The Balaban J connectivity index is 1.46. The summed E-state index contributed by atoms with van der Waals surface area (Å²) >= 11 is 0. The van der Waals surface area contributed by atoms with Gasteiger partial charge in [0.2, 0.25) is 15.9 Å². The molecule has 0 aliphatic carbocycles. The Morgan fingerprint density at radius 1 is 1.24 bits per heavy atom. The van der Waals surface area contributed by atoms with E-state index in [2.05, 4.69) is 10.6 Å². The molecular formula is C23H25N3O7S. The molecule has 10 nitrogen and oxygen atoms in total. The number of nitrogens with zero attached hydrogens (tertiary/aromatic N) is 1. The van der Waals surface area contributed by atoms with Crippen LogP contribution in [0.5, 0.6) is 5.75 Å². The summed E-state index contributed by atoms with van der Waals surface area (Å²) in [6, 6.07) is 10.7. The number of piperidine rings is 1. The first-order valence-electron chi connectivity index (χ1n) is 10.9. The number of benzene rings is 2. The summed E-state index contributed by atoms with van der Waals surface area (Å²) in [5.41, 5.74) is 1.04. The molecule has 1 saturated heterocycles. The Hall–Kier alpha value is -3.44. The van der Waals surface area contributed by atoms with Crippen molar-refractivity contribution >= 4 is 39.2 Å². The summed E-state index contributed by atoms with van der Waals surface area (Å²) in [4.78, 5) is 36.4. The maximum atomic E-state index is 13.3. The lowest BCUT2D eigenvalue weighted by atomic mass is 9.98. The second-order valence-electron chi connectivity index (χ2n) is 7.99. The average Bonchev–Trinajstić information content (AvgIpc) is 2.84. The quantitative estimate of drug-likeness (QED) is 0.598. The van der Waals surface area contributed by atoms with Gasteiger partial charge in [-0.05, 0) is 56.2 Å². The zero-order valence-corrected chi connectivity index (χ0v) is 19.4. The Labute approximate surface area is 197 Å². The third-order valence-corrected chi connectivity index (χ3v) is 7.48. The maximum absolute atomic E-state index is 13.3. The minimum atomic E-state index is -3.89. The van der Waals surface area contributed by atoms with Crippen molar-refractivity contribution in [2.45, 2.75) is 24.7 Å². The predicted octanol–water partition coefficient (Wildman–Crippen LogP) is 2.23. The van der Waals surface area contributed by atoms with Crippen LogP contribution in [-0.2, 0) is 24.3 Å². The van der Waals surface area contributed by atoms with Gasteiger partial charge in [-0.25, -0.2) is 13.2 Å². The molecule has 4 rings (SSSR count). The molecule has 2 heterocycles. The van der Waals surface area contributed by atoms with Crippen LogP contribution in [0.2, 0.25) is 0 Å². The Bertz CT molecular complexity index is 1230. The molecule has 0 radical (unpaired) electrons. The molecule has 1 atom stereocenters. The highest BCUT2D eigenvalue weighted by Gasteiger charge is 2.34. The lowest BCUT2D eigenvalue weighted by Crippen LogP contribution is -2.43. The van der Waals surface area contributed by atoms with Crippen molar-refractivity contribution in [3.05, 3.63) is 48.0 Å². The van der Waals surface area contributed by atoms with Crippen LogP contribution in [0.25, 0.3) is 0 Å². The van der Waals surface area contributed by atoms with Crippen molar-refractivity contribution in [2.75, 3.05) is 36.9 Å². The van der Waals surface area contributed by atoms with Crippen molar-refractivity contribution in [3.63, 3.8) is 0 Å². The van der Waals surface area contributed by atoms with Gasteiger partial charge in [-0.15, -0.1) is 0 Å². The minimum absolute atomic E-state index is 0.0141. The number of nitrogens with one attached hydrogen (secondary N) is 2. The van der Waals surface area contributed by atoms with Crippen molar-refractivity contribution < 1.29 is 32.3 Å². The van der Waals surface area contributed by atoms with E-state index in [4.69, 9.17) is 9.47 Å². The van der Waals surface area contributed by atoms with Gasteiger partial charge in [0.15, 0.2) is 6.61 Å². The van der Waals surface area contributed by atoms with E-state index in [0.29, 0.717) is 35.5 Å². The number of sulfonamides is 1. The van der Waals surface area contributed by atoms with E-state index in [1.165, 1.54) is 28.6 Å². The third kappa shape index (κ3) is 5.05. The molecule has 34 heavy (non-hydrogen) atoms. The SMILES string of the molecule is CCOC(=O)c1cccc(NC(=O)C2CCCN(S(=O)(=O)c3ccc4c(c3)NC(=O)CO4)C2)c1. The van der Waals surface area contributed by atoms with Gasteiger partial charge < -0.3 is 20.1 Å². The van der Waals surface area contributed by atoms with Gasteiger partial charge >= 0.3 is 5.97 Å². The van der Waals surface area contributed by atoms with Crippen LogP contribution in [0.3, 0.4) is 0 Å². The second kappa shape index (κ2) is 9.82. The summed E-state index contributed by atoms with van der Waals surface area (Å²) in [5.74, 6) is -1.33. The maximum Gasteiger partial charge on any atom is 0.338 e. The van der Waals surface area contributed by atoms with E-state index in [9.17, 15) is 22.8 Å². The number of carbonyl (C=O) groups is 3. The molecule has 2 aromatic rings. The number of amides is 2. The molecule has 0 spiro atoms. The summed E-state index contributed by atoms with van der Waals surface area (Å²) in [5, 5.41) is 5.38. The molecule has 2 aliphatic rings. The number of carbonyl (C=O) groups excluding carboxylic acids is 3. The molecule has 11 heteroatoms. The van der Waals surface area contributed by atoms with Crippen LogP contribution in [0, 0.1) is 5.92 Å². The van der Waals surface area contributed by atoms with E-state index in [0.717, 1.165) is 0 Å². The molecule has 2 aromatic carbocycles. The molecular weight excluding hydrogens is 462 g/mol. The van der Waals surface area contributed by atoms with E-state index in [1.54, 1.807) is 25.1 Å². The number of hydrogen-bond acceptors (Lipinski definition) is 7. The highest BCUT2D eigenvalue weighted by molar-refractivity contribution is 7.89. The largest absolute Gasteiger partial charge is 0.482 e. The first kappa shape index (κ1) is 23.7. The standard InChI is InChI=1S/C23H25N3O7S/c1-2-32-23(29)15-5-3-7-17(11-15)24-22(28)16-6-4-10-26(13-16)34(30,31)18-8-9-20-19(12-18)25-21(27)14-33-20/h3,5,7-9,11-12,16H,2,4,6,10,13-14H2,1H3,(H,24,28)(H,25,27). The van der Waals surface area contributed by atoms with Crippen LogP contribution in [0.1, 0.15) is 30.1 Å². The highest BCUT2D eigenvalue weighted by atomic mass is 32.2. The molecule has 2 aliphatic heterocycles. The molecule has 2 N–H and O–H groups in total. The number of ether oxygens (including phenoxy) is 2. The monoisotopic (exact) mass is 487 g/mol. The minimum Gasteiger partial charge on any atom is -0.482 e. The van der Waals surface area contributed by atoms with Crippen LogP contribution in [-0.4, -0.2) is 56.8 Å². The van der Waals surface area contributed by atoms with Gasteiger partial charge in [-0.1, -0.05) is 6.07 Å². The molecule has 1 unspecified atom stereocenters. The summed E-state index contributed by atoms with van der Waals surface area (Å²) in [7, 11) is -3.89. The summed E-state index contributed by atoms with van der Waals surface area (Å²) in [6.07, 6.45) is 1.05. The normalized spacial score (nSPS) is 18.3. The molecule has 0 bridgehead atoms. The Morgan fingerprint density at radius 3 is 2.85 bits per heavy atom. The lowest BCUT2D eigenvalue weighted by molar-refractivity contribution is -0.121. The van der Waals surface area contributed by atoms with Gasteiger partial charge in [-0.2, -0.15) is 4.31 Å². The van der Waals surface area contributed by atoms with Crippen LogP contribution in [0.15, 0.2) is 47.4 Å². The topological polar surface area (TPSA) is 131 Å². The van der Waals surface area contributed by atoms with Gasteiger partial charge in [0.25, 0.3) is 5.91 Å². The number of esters is 1.